The Hall–Kier alpha value is -3.88. The van der Waals surface area contributed by atoms with E-state index >= 15 is 0 Å². The third kappa shape index (κ3) is 3.29. The van der Waals surface area contributed by atoms with E-state index in [0.29, 0.717) is 5.82 Å². The van der Waals surface area contributed by atoms with E-state index in [9.17, 15) is 0 Å². The van der Waals surface area contributed by atoms with Crippen molar-refractivity contribution in [3.8, 4) is 16.9 Å². The SMILES string of the molecule is COc1cc2c(cc1-c1c(C)noc1C)[nH]c1nc(C)nc(Nc3c4c(nn3C(C)C)CCC4)c12. The Morgan fingerprint density at radius 1 is 1.14 bits per heavy atom. The van der Waals surface area contributed by atoms with Gasteiger partial charge < -0.3 is 19.6 Å². The second-order valence-corrected chi connectivity index (χ2v) is 9.56. The van der Waals surface area contributed by atoms with Gasteiger partial charge in [-0.2, -0.15) is 5.10 Å². The number of rotatable bonds is 5. The van der Waals surface area contributed by atoms with Crippen molar-refractivity contribution in [3.05, 3.63) is 40.7 Å². The summed E-state index contributed by atoms with van der Waals surface area (Å²) in [5.41, 5.74) is 6.90. The van der Waals surface area contributed by atoms with Crippen LogP contribution >= 0.6 is 0 Å². The van der Waals surface area contributed by atoms with Gasteiger partial charge >= 0.3 is 0 Å². The van der Waals surface area contributed by atoms with Gasteiger partial charge in [0.1, 0.15) is 34.6 Å². The molecular weight excluding hydrogens is 442 g/mol. The van der Waals surface area contributed by atoms with E-state index in [-0.39, 0.29) is 6.04 Å². The van der Waals surface area contributed by atoms with Gasteiger partial charge in [0.25, 0.3) is 0 Å². The van der Waals surface area contributed by atoms with E-state index in [0.717, 1.165) is 81.2 Å². The van der Waals surface area contributed by atoms with E-state index in [1.54, 1.807) is 7.11 Å². The highest BCUT2D eigenvalue weighted by atomic mass is 16.5. The summed E-state index contributed by atoms with van der Waals surface area (Å²) in [5, 5.41) is 14.6. The first-order valence-electron chi connectivity index (χ1n) is 12.0. The largest absolute Gasteiger partial charge is 0.496 e. The smallest absolute Gasteiger partial charge is 0.145 e. The number of fused-ring (bicyclic) bond motifs is 4. The van der Waals surface area contributed by atoms with Gasteiger partial charge in [-0.3, -0.25) is 0 Å². The second kappa shape index (κ2) is 7.83. The Morgan fingerprint density at radius 3 is 2.69 bits per heavy atom. The molecule has 0 unspecified atom stereocenters. The Labute approximate surface area is 202 Å². The Kier molecular flexibility index (Phi) is 4.84. The Bertz CT molecular complexity index is 1590. The third-order valence-corrected chi connectivity index (χ3v) is 6.84. The lowest BCUT2D eigenvalue weighted by Crippen LogP contribution is -2.10. The number of hydrogen-bond acceptors (Lipinski definition) is 7. The van der Waals surface area contributed by atoms with Crippen LogP contribution in [0.5, 0.6) is 5.75 Å². The molecule has 0 saturated carbocycles. The quantitative estimate of drug-likeness (QED) is 0.338. The summed E-state index contributed by atoms with van der Waals surface area (Å²) in [5.74, 6) is 3.98. The van der Waals surface area contributed by atoms with Crippen LogP contribution in [-0.4, -0.2) is 37.0 Å². The van der Waals surface area contributed by atoms with Crippen molar-refractivity contribution in [2.45, 2.75) is 59.9 Å². The molecular formula is C26H29N7O2. The lowest BCUT2D eigenvalue weighted by Gasteiger charge is -2.15. The van der Waals surface area contributed by atoms with Crippen LogP contribution in [0.3, 0.4) is 0 Å². The van der Waals surface area contributed by atoms with E-state index in [1.807, 2.05) is 26.8 Å². The molecule has 0 aliphatic heterocycles. The van der Waals surface area contributed by atoms with Crippen LogP contribution in [0, 0.1) is 20.8 Å². The van der Waals surface area contributed by atoms with Crippen LogP contribution in [-0.2, 0) is 12.8 Å². The minimum absolute atomic E-state index is 0.238. The maximum absolute atomic E-state index is 5.83. The van der Waals surface area contributed by atoms with Crippen molar-refractivity contribution in [2.75, 3.05) is 12.4 Å². The molecule has 1 aromatic carbocycles. The minimum atomic E-state index is 0.238. The molecule has 6 rings (SSSR count). The van der Waals surface area contributed by atoms with Gasteiger partial charge in [0.2, 0.25) is 0 Å². The van der Waals surface area contributed by atoms with Crippen molar-refractivity contribution < 1.29 is 9.26 Å². The number of H-pyrrole nitrogens is 1. The highest BCUT2D eigenvalue weighted by Crippen LogP contribution is 2.41. The number of nitrogens with one attached hydrogen (secondary N) is 2. The molecule has 0 fully saturated rings. The van der Waals surface area contributed by atoms with Crippen LogP contribution < -0.4 is 10.1 Å². The monoisotopic (exact) mass is 471 g/mol. The molecule has 4 aromatic heterocycles. The summed E-state index contributed by atoms with van der Waals surface area (Å²) < 4.78 is 13.3. The summed E-state index contributed by atoms with van der Waals surface area (Å²) in [6.07, 6.45) is 3.19. The maximum atomic E-state index is 5.83. The first-order valence-corrected chi connectivity index (χ1v) is 12.0. The zero-order valence-electron chi connectivity index (χ0n) is 20.9. The van der Waals surface area contributed by atoms with E-state index in [4.69, 9.17) is 24.3 Å². The molecule has 4 heterocycles. The van der Waals surface area contributed by atoms with Gasteiger partial charge in [-0.25, -0.2) is 14.6 Å². The van der Waals surface area contributed by atoms with Crippen molar-refractivity contribution >= 4 is 33.6 Å². The summed E-state index contributed by atoms with van der Waals surface area (Å²) in [7, 11) is 1.68. The first-order chi connectivity index (χ1) is 16.9. The number of nitrogens with zero attached hydrogens (tertiary/aromatic N) is 5. The molecule has 0 amide bonds. The highest BCUT2D eigenvalue weighted by Gasteiger charge is 2.26. The zero-order valence-corrected chi connectivity index (χ0v) is 20.9. The van der Waals surface area contributed by atoms with Gasteiger partial charge in [-0.1, -0.05) is 5.16 Å². The normalized spacial score (nSPS) is 13.3. The molecule has 35 heavy (non-hydrogen) atoms. The summed E-state index contributed by atoms with van der Waals surface area (Å²) in [4.78, 5) is 13.0. The van der Waals surface area contributed by atoms with E-state index in [1.165, 1.54) is 11.3 Å². The number of benzene rings is 1. The third-order valence-electron chi connectivity index (χ3n) is 6.84. The molecule has 1 aliphatic rings. The number of hydrogen-bond donors (Lipinski definition) is 2. The fraction of sp³-hybridized carbons (Fsp3) is 0.385. The van der Waals surface area contributed by atoms with Gasteiger partial charge in [0.15, 0.2) is 0 Å². The second-order valence-electron chi connectivity index (χ2n) is 9.56. The average molecular weight is 472 g/mol. The van der Waals surface area contributed by atoms with Crippen LogP contribution in [0.15, 0.2) is 16.7 Å². The molecule has 0 spiro atoms. The number of aryl methyl sites for hydroxylation is 4. The Morgan fingerprint density at radius 2 is 1.97 bits per heavy atom. The summed E-state index contributed by atoms with van der Waals surface area (Å²) in [6, 6.07) is 4.36. The molecule has 0 saturated heterocycles. The molecule has 180 valence electrons. The number of ether oxygens (including phenoxy) is 1. The molecule has 1 aliphatic carbocycles. The number of methoxy groups -OCH3 is 1. The van der Waals surface area contributed by atoms with Crippen molar-refractivity contribution in [1.29, 1.82) is 0 Å². The fourth-order valence-corrected chi connectivity index (χ4v) is 5.29. The van der Waals surface area contributed by atoms with Crippen molar-refractivity contribution in [3.63, 3.8) is 0 Å². The molecule has 9 heteroatoms. The first kappa shape index (κ1) is 21.6. The van der Waals surface area contributed by atoms with E-state index in [2.05, 4.69) is 40.1 Å². The lowest BCUT2D eigenvalue weighted by atomic mass is 10.0. The average Bonchev–Trinajstić information content (AvgIpc) is 3.56. The molecule has 0 radical (unpaired) electrons. The predicted molar refractivity (Wildman–Crippen MR) is 136 cm³/mol. The van der Waals surface area contributed by atoms with Crippen LogP contribution in [0.4, 0.5) is 11.6 Å². The number of aromatic nitrogens is 6. The van der Waals surface area contributed by atoms with E-state index < -0.39 is 0 Å². The van der Waals surface area contributed by atoms with Crippen LogP contribution in [0.1, 0.15) is 54.8 Å². The highest BCUT2D eigenvalue weighted by molar-refractivity contribution is 6.13. The van der Waals surface area contributed by atoms with Gasteiger partial charge in [-0.05, 0) is 66.0 Å². The molecule has 5 aromatic rings. The van der Waals surface area contributed by atoms with Crippen LogP contribution in [0.2, 0.25) is 0 Å². The minimum Gasteiger partial charge on any atom is -0.496 e. The van der Waals surface area contributed by atoms with Crippen molar-refractivity contribution in [1.82, 2.24) is 29.9 Å². The molecule has 9 nitrogen and oxygen atoms in total. The summed E-state index contributed by atoms with van der Waals surface area (Å²) >= 11 is 0. The molecule has 0 bridgehead atoms. The molecule has 2 N–H and O–H groups in total. The van der Waals surface area contributed by atoms with Gasteiger partial charge in [0.05, 0.1) is 29.4 Å². The fourth-order valence-electron chi connectivity index (χ4n) is 5.29. The lowest BCUT2D eigenvalue weighted by molar-refractivity contribution is 0.393. The number of anilines is 2. The summed E-state index contributed by atoms with van der Waals surface area (Å²) in [6.45, 7) is 10.1. The van der Waals surface area contributed by atoms with Crippen LogP contribution in [0.25, 0.3) is 33.1 Å². The van der Waals surface area contributed by atoms with Gasteiger partial charge in [0, 0.05) is 28.1 Å². The Balaban J connectivity index is 1.58. The predicted octanol–water partition coefficient (Wildman–Crippen LogP) is 5.71. The van der Waals surface area contributed by atoms with Gasteiger partial charge in [-0.15, -0.1) is 0 Å². The number of aromatic amines is 1. The van der Waals surface area contributed by atoms with Crippen molar-refractivity contribution in [2.24, 2.45) is 0 Å². The molecule has 0 atom stereocenters. The standard InChI is InChI=1S/C26H29N7O2/c1-12(2)33-26(16-8-7-9-19(16)31-33)30-25-23-17-11-21(34-6)18(22-13(3)32-35-14(22)4)10-20(17)29-24(23)27-15(5)28-25/h10-12H,7-9H2,1-6H3,(H2,27,28,29,30). The zero-order chi connectivity index (χ0) is 24.4. The topological polar surface area (TPSA) is 107 Å². The maximum Gasteiger partial charge on any atom is 0.145 e.